The summed E-state index contributed by atoms with van der Waals surface area (Å²) < 4.78 is 1.98. The van der Waals surface area contributed by atoms with Crippen molar-refractivity contribution in [1.82, 2.24) is 30.0 Å². The molecule has 1 atom stereocenters. The predicted molar refractivity (Wildman–Crippen MR) is 104 cm³/mol. The predicted octanol–water partition coefficient (Wildman–Crippen LogP) is 2.76. The molecule has 0 saturated carbocycles. The van der Waals surface area contributed by atoms with Gasteiger partial charge in [-0.25, -0.2) is 4.68 Å². The number of piperazine rings is 1. The van der Waals surface area contributed by atoms with Crippen LogP contribution in [0.2, 0.25) is 0 Å². The van der Waals surface area contributed by atoms with Gasteiger partial charge in [-0.2, -0.15) is 0 Å². The maximum absolute atomic E-state index is 4.43. The van der Waals surface area contributed by atoms with E-state index in [-0.39, 0.29) is 0 Å². The summed E-state index contributed by atoms with van der Waals surface area (Å²) in [5.74, 6) is 1.000. The largest absolute Gasteiger partial charge is 0.297 e. The monoisotopic (exact) mass is 354 g/mol. The zero-order valence-electron chi connectivity index (χ0n) is 15.8. The van der Waals surface area contributed by atoms with Gasteiger partial charge in [-0.15, -0.1) is 11.7 Å². The minimum absolute atomic E-state index is 0.291. The van der Waals surface area contributed by atoms with Gasteiger partial charge in [-0.05, 0) is 22.4 Å². The Morgan fingerprint density at radius 3 is 2.62 bits per heavy atom. The van der Waals surface area contributed by atoms with Gasteiger partial charge in [-0.3, -0.25) is 9.80 Å². The van der Waals surface area contributed by atoms with Crippen molar-refractivity contribution in [1.29, 1.82) is 0 Å². The lowest BCUT2D eigenvalue weighted by molar-refractivity contribution is 0.0915. The van der Waals surface area contributed by atoms with Gasteiger partial charge >= 0.3 is 0 Å². The molecule has 1 unspecified atom stereocenters. The normalized spacial score (nSPS) is 17.3. The third kappa shape index (κ3) is 4.77. The van der Waals surface area contributed by atoms with Crippen molar-refractivity contribution in [3.63, 3.8) is 0 Å². The SMILES string of the molecule is C=CCN1CCN(C(CCCC)c2nnnn2Cc2ccccc2)CC1. The zero-order valence-corrected chi connectivity index (χ0v) is 15.8. The van der Waals surface area contributed by atoms with E-state index in [1.807, 2.05) is 16.8 Å². The second kappa shape index (κ2) is 9.59. The van der Waals surface area contributed by atoms with Gasteiger partial charge in [0.1, 0.15) is 0 Å². The molecule has 140 valence electrons. The van der Waals surface area contributed by atoms with Crippen LogP contribution in [0.1, 0.15) is 43.6 Å². The Bertz CT molecular complexity index is 660. The first-order valence-corrected chi connectivity index (χ1v) is 9.69. The molecular weight excluding hydrogens is 324 g/mol. The highest BCUT2D eigenvalue weighted by atomic mass is 15.6. The van der Waals surface area contributed by atoms with E-state index in [1.165, 1.54) is 18.4 Å². The van der Waals surface area contributed by atoms with E-state index in [4.69, 9.17) is 0 Å². The highest BCUT2D eigenvalue weighted by Crippen LogP contribution is 2.26. The summed E-state index contributed by atoms with van der Waals surface area (Å²) in [6, 6.07) is 10.7. The third-order valence-electron chi connectivity index (χ3n) is 5.10. The first kappa shape index (κ1) is 18.7. The highest BCUT2D eigenvalue weighted by Gasteiger charge is 2.28. The standard InChI is InChI=1S/C20H30N6/c1-3-5-11-19(25-15-13-24(12-4-2)14-16-25)20-21-22-23-26(20)17-18-9-7-6-8-10-18/h4,6-10,19H,2-3,5,11-17H2,1H3. The number of rotatable bonds is 9. The van der Waals surface area contributed by atoms with Crippen molar-refractivity contribution < 1.29 is 0 Å². The van der Waals surface area contributed by atoms with Crippen molar-refractivity contribution in [3.05, 3.63) is 54.4 Å². The van der Waals surface area contributed by atoms with Gasteiger partial charge in [0.05, 0.1) is 12.6 Å². The van der Waals surface area contributed by atoms with Crippen molar-refractivity contribution in [2.24, 2.45) is 0 Å². The summed E-state index contributed by atoms with van der Waals surface area (Å²) in [6.45, 7) is 12.1. The van der Waals surface area contributed by atoms with Crippen molar-refractivity contribution >= 4 is 0 Å². The Morgan fingerprint density at radius 1 is 1.15 bits per heavy atom. The quantitative estimate of drug-likeness (QED) is 0.648. The van der Waals surface area contributed by atoms with Crippen LogP contribution in [0.5, 0.6) is 0 Å². The molecule has 0 bridgehead atoms. The molecule has 3 rings (SSSR count). The molecule has 2 aromatic rings. The number of aromatic nitrogens is 4. The number of unbranched alkanes of at least 4 members (excludes halogenated alkanes) is 1. The van der Waals surface area contributed by atoms with Crippen LogP contribution in [-0.2, 0) is 6.54 Å². The Kier molecular flexibility index (Phi) is 6.91. The van der Waals surface area contributed by atoms with Gasteiger partial charge in [0, 0.05) is 32.7 Å². The molecule has 1 fully saturated rings. The number of nitrogens with zero attached hydrogens (tertiary/aromatic N) is 6. The van der Waals surface area contributed by atoms with Gasteiger partial charge in [0.15, 0.2) is 5.82 Å². The van der Waals surface area contributed by atoms with Crippen LogP contribution in [0, 0.1) is 0 Å². The summed E-state index contributed by atoms with van der Waals surface area (Å²) in [4.78, 5) is 5.01. The molecule has 0 N–H and O–H groups in total. The Labute approximate surface area is 156 Å². The Morgan fingerprint density at radius 2 is 1.92 bits per heavy atom. The number of tetrazole rings is 1. The molecular formula is C20H30N6. The summed E-state index contributed by atoms with van der Waals surface area (Å²) in [5, 5.41) is 12.7. The second-order valence-electron chi connectivity index (χ2n) is 6.96. The molecule has 6 heteroatoms. The fourth-order valence-electron chi connectivity index (χ4n) is 3.63. The smallest absolute Gasteiger partial charge is 0.168 e. The maximum atomic E-state index is 4.43. The molecule has 0 radical (unpaired) electrons. The van der Waals surface area contributed by atoms with Crippen molar-refractivity contribution in [2.75, 3.05) is 32.7 Å². The van der Waals surface area contributed by atoms with Gasteiger partial charge in [0.25, 0.3) is 0 Å². The van der Waals surface area contributed by atoms with Crippen molar-refractivity contribution in [2.45, 2.75) is 38.8 Å². The molecule has 0 amide bonds. The van der Waals surface area contributed by atoms with E-state index in [2.05, 4.69) is 63.1 Å². The van der Waals surface area contributed by atoms with Crippen molar-refractivity contribution in [3.8, 4) is 0 Å². The molecule has 2 heterocycles. The second-order valence-corrected chi connectivity index (χ2v) is 6.96. The molecule has 1 aliphatic rings. The molecule has 1 aliphatic heterocycles. The number of hydrogen-bond donors (Lipinski definition) is 0. The average Bonchev–Trinajstić information content (AvgIpc) is 3.12. The van der Waals surface area contributed by atoms with Gasteiger partial charge in [-0.1, -0.05) is 56.2 Å². The lowest BCUT2D eigenvalue weighted by atomic mass is 10.1. The molecule has 1 aromatic heterocycles. The Hall–Kier alpha value is -2.05. The summed E-state index contributed by atoms with van der Waals surface area (Å²) >= 11 is 0. The summed E-state index contributed by atoms with van der Waals surface area (Å²) in [7, 11) is 0. The van der Waals surface area contributed by atoms with Crippen LogP contribution in [0.4, 0.5) is 0 Å². The zero-order chi connectivity index (χ0) is 18.2. The first-order valence-electron chi connectivity index (χ1n) is 9.69. The lowest BCUT2D eigenvalue weighted by Crippen LogP contribution is -2.48. The Balaban J connectivity index is 1.74. The minimum Gasteiger partial charge on any atom is -0.297 e. The number of benzene rings is 1. The molecule has 1 saturated heterocycles. The highest BCUT2D eigenvalue weighted by molar-refractivity contribution is 5.15. The summed E-state index contributed by atoms with van der Waals surface area (Å²) in [6.07, 6.45) is 5.47. The van der Waals surface area contributed by atoms with Crippen LogP contribution >= 0.6 is 0 Å². The molecule has 0 spiro atoms. The minimum atomic E-state index is 0.291. The third-order valence-corrected chi connectivity index (χ3v) is 5.10. The maximum Gasteiger partial charge on any atom is 0.168 e. The van der Waals surface area contributed by atoms with E-state index < -0.39 is 0 Å². The molecule has 0 aliphatic carbocycles. The molecule has 6 nitrogen and oxygen atoms in total. The van der Waals surface area contributed by atoms with E-state index in [1.54, 1.807) is 0 Å². The molecule has 1 aromatic carbocycles. The van der Waals surface area contributed by atoms with Crippen LogP contribution in [0.15, 0.2) is 43.0 Å². The van der Waals surface area contributed by atoms with Crippen LogP contribution in [0.3, 0.4) is 0 Å². The van der Waals surface area contributed by atoms with E-state index in [9.17, 15) is 0 Å². The average molecular weight is 355 g/mol. The van der Waals surface area contributed by atoms with E-state index in [0.717, 1.165) is 51.5 Å². The van der Waals surface area contributed by atoms with Gasteiger partial charge in [0.2, 0.25) is 0 Å². The van der Waals surface area contributed by atoms with Crippen LogP contribution in [0.25, 0.3) is 0 Å². The molecule has 26 heavy (non-hydrogen) atoms. The van der Waals surface area contributed by atoms with E-state index >= 15 is 0 Å². The van der Waals surface area contributed by atoms with Gasteiger partial charge < -0.3 is 0 Å². The fourth-order valence-corrected chi connectivity index (χ4v) is 3.63. The topological polar surface area (TPSA) is 50.1 Å². The van der Waals surface area contributed by atoms with E-state index in [0.29, 0.717) is 6.04 Å². The summed E-state index contributed by atoms with van der Waals surface area (Å²) in [5.41, 5.74) is 1.23. The first-order chi connectivity index (χ1) is 12.8. The van der Waals surface area contributed by atoms with Crippen LogP contribution in [-0.4, -0.2) is 62.7 Å². The fraction of sp³-hybridized carbons (Fsp3) is 0.550. The number of hydrogen-bond acceptors (Lipinski definition) is 5. The lowest BCUT2D eigenvalue weighted by Gasteiger charge is -2.38. The van der Waals surface area contributed by atoms with Crippen LogP contribution < -0.4 is 0 Å².